The van der Waals surface area contributed by atoms with Crippen molar-refractivity contribution in [3.05, 3.63) is 42.2 Å². The number of nitrogens with two attached hydrogens (primary N) is 1. The predicted molar refractivity (Wildman–Crippen MR) is 116 cm³/mol. The van der Waals surface area contributed by atoms with Crippen LogP contribution in [0.1, 0.15) is 23.3 Å². The average molecular weight is 447 g/mol. The maximum absolute atomic E-state index is 12.0. The molecule has 1 aromatic carbocycles. The SMILES string of the molecule is CS(=O)(=O)c1cccc2sc(N3CCC(COc4ccnc(C(N)=O)c4)CC3)nc12. The number of carbonyl (C=O) groups excluding carboxylic acids is 1. The molecule has 10 heteroatoms. The second-order valence-corrected chi connectivity index (χ2v) is 10.3. The third-order valence-electron chi connectivity index (χ3n) is 5.12. The molecule has 0 bridgehead atoms. The Morgan fingerprint density at radius 1 is 1.30 bits per heavy atom. The summed E-state index contributed by atoms with van der Waals surface area (Å²) >= 11 is 1.52. The lowest BCUT2D eigenvalue weighted by molar-refractivity contribution is 0.0995. The fourth-order valence-electron chi connectivity index (χ4n) is 3.49. The van der Waals surface area contributed by atoms with Gasteiger partial charge in [0.2, 0.25) is 0 Å². The molecule has 2 N–H and O–H groups in total. The molecule has 1 aliphatic rings. The van der Waals surface area contributed by atoms with Gasteiger partial charge in [-0.15, -0.1) is 0 Å². The molecular formula is C20H22N4O4S2. The number of fused-ring (bicyclic) bond motifs is 1. The molecule has 0 spiro atoms. The van der Waals surface area contributed by atoms with E-state index in [9.17, 15) is 13.2 Å². The van der Waals surface area contributed by atoms with Crippen LogP contribution in [0.4, 0.5) is 5.13 Å². The van der Waals surface area contributed by atoms with Crippen LogP contribution in [0.2, 0.25) is 0 Å². The molecule has 0 saturated carbocycles. The van der Waals surface area contributed by atoms with Crippen LogP contribution in [-0.2, 0) is 9.84 Å². The second kappa shape index (κ2) is 8.19. The van der Waals surface area contributed by atoms with Gasteiger partial charge in [0.15, 0.2) is 15.0 Å². The molecule has 4 rings (SSSR count). The van der Waals surface area contributed by atoms with Gasteiger partial charge in [0.1, 0.15) is 17.0 Å². The van der Waals surface area contributed by atoms with Crippen molar-refractivity contribution in [1.29, 1.82) is 0 Å². The average Bonchev–Trinajstić information content (AvgIpc) is 3.16. The molecule has 1 fully saturated rings. The van der Waals surface area contributed by atoms with E-state index >= 15 is 0 Å². The van der Waals surface area contributed by atoms with Crippen LogP contribution in [0.15, 0.2) is 41.4 Å². The van der Waals surface area contributed by atoms with Crippen molar-refractivity contribution in [3.8, 4) is 5.75 Å². The third kappa shape index (κ3) is 4.39. The molecule has 0 unspecified atom stereocenters. The third-order valence-corrected chi connectivity index (χ3v) is 7.33. The van der Waals surface area contributed by atoms with Gasteiger partial charge in [-0.1, -0.05) is 17.4 Å². The lowest BCUT2D eigenvalue weighted by atomic mass is 9.98. The number of hydrogen-bond acceptors (Lipinski definition) is 8. The largest absolute Gasteiger partial charge is 0.493 e. The molecule has 3 aromatic rings. The Morgan fingerprint density at radius 2 is 2.07 bits per heavy atom. The van der Waals surface area contributed by atoms with Gasteiger partial charge in [0, 0.05) is 31.6 Å². The topological polar surface area (TPSA) is 115 Å². The number of anilines is 1. The van der Waals surface area contributed by atoms with Gasteiger partial charge >= 0.3 is 0 Å². The predicted octanol–water partition coefficient (Wildman–Crippen LogP) is 2.49. The van der Waals surface area contributed by atoms with Crippen LogP contribution >= 0.6 is 11.3 Å². The van der Waals surface area contributed by atoms with Gasteiger partial charge in [0.05, 0.1) is 16.2 Å². The maximum Gasteiger partial charge on any atom is 0.267 e. The van der Waals surface area contributed by atoms with Crippen molar-refractivity contribution >= 4 is 42.4 Å². The van der Waals surface area contributed by atoms with Crippen LogP contribution in [0, 0.1) is 5.92 Å². The summed E-state index contributed by atoms with van der Waals surface area (Å²) in [6, 6.07) is 8.53. The zero-order valence-electron chi connectivity index (χ0n) is 16.4. The zero-order chi connectivity index (χ0) is 21.3. The van der Waals surface area contributed by atoms with E-state index in [1.807, 2.05) is 6.07 Å². The molecule has 30 heavy (non-hydrogen) atoms. The van der Waals surface area contributed by atoms with Crippen molar-refractivity contribution in [1.82, 2.24) is 9.97 Å². The molecule has 3 heterocycles. The molecule has 8 nitrogen and oxygen atoms in total. The number of carbonyl (C=O) groups is 1. The molecule has 0 aliphatic carbocycles. The molecule has 1 aliphatic heterocycles. The van der Waals surface area contributed by atoms with Gasteiger partial charge in [0.25, 0.3) is 5.91 Å². The first-order chi connectivity index (χ1) is 14.3. The normalized spacial score (nSPS) is 15.4. The zero-order valence-corrected chi connectivity index (χ0v) is 18.1. The second-order valence-electron chi connectivity index (χ2n) is 7.35. The summed E-state index contributed by atoms with van der Waals surface area (Å²) in [6.45, 7) is 2.20. The Labute approximate surface area is 178 Å². The van der Waals surface area contributed by atoms with Crippen molar-refractivity contribution in [3.63, 3.8) is 0 Å². The first-order valence-electron chi connectivity index (χ1n) is 9.54. The number of nitrogens with zero attached hydrogens (tertiary/aromatic N) is 3. The van der Waals surface area contributed by atoms with Gasteiger partial charge in [-0.2, -0.15) is 0 Å². The fourth-order valence-corrected chi connectivity index (χ4v) is 5.43. The van der Waals surface area contributed by atoms with E-state index in [2.05, 4.69) is 14.9 Å². The first kappa shape index (κ1) is 20.5. The molecular weight excluding hydrogens is 424 g/mol. The van der Waals surface area contributed by atoms with E-state index in [4.69, 9.17) is 10.5 Å². The molecule has 0 radical (unpaired) electrons. The molecule has 1 saturated heterocycles. The van der Waals surface area contributed by atoms with Crippen LogP contribution in [0.3, 0.4) is 0 Å². The van der Waals surface area contributed by atoms with Crippen molar-refractivity contribution in [2.45, 2.75) is 17.7 Å². The number of rotatable bonds is 6. The highest BCUT2D eigenvalue weighted by Crippen LogP contribution is 2.34. The molecule has 1 amide bonds. The van der Waals surface area contributed by atoms with Crippen molar-refractivity contribution < 1.29 is 17.9 Å². The summed E-state index contributed by atoms with van der Waals surface area (Å²) in [7, 11) is -3.32. The Balaban J connectivity index is 1.39. The number of primary amides is 1. The van der Waals surface area contributed by atoms with E-state index in [1.165, 1.54) is 23.8 Å². The minimum absolute atomic E-state index is 0.187. The lowest BCUT2D eigenvalue weighted by Gasteiger charge is -2.31. The van der Waals surface area contributed by atoms with E-state index in [1.54, 1.807) is 24.3 Å². The minimum atomic E-state index is -3.32. The molecule has 158 valence electrons. The maximum atomic E-state index is 12.0. The summed E-state index contributed by atoms with van der Waals surface area (Å²) in [5.41, 5.74) is 5.99. The van der Waals surface area contributed by atoms with Crippen LogP contribution < -0.4 is 15.4 Å². The quantitative estimate of drug-likeness (QED) is 0.618. The Bertz CT molecular complexity index is 1180. The number of sulfone groups is 1. The smallest absolute Gasteiger partial charge is 0.267 e. The van der Waals surface area contributed by atoms with Crippen molar-refractivity contribution in [2.75, 3.05) is 30.9 Å². The van der Waals surface area contributed by atoms with Crippen LogP contribution in [0.25, 0.3) is 10.2 Å². The highest BCUT2D eigenvalue weighted by Gasteiger charge is 2.24. The highest BCUT2D eigenvalue weighted by atomic mass is 32.2. The number of thiazole rings is 1. The van der Waals surface area contributed by atoms with E-state index in [-0.39, 0.29) is 10.6 Å². The number of para-hydroxylation sites is 1. The Hall–Kier alpha value is -2.72. The van der Waals surface area contributed by atoms with Crippen molar-refractivity contribution in [2.24, 2.45) is 11.7 Å². The standard InChI is InChI=1S/C20H22N4O4S2/c1-30(26,27)17-4-2-3-16-18(17)23-20(29-16)24-9-6-13(7-10-24)12-28-14-5-8-22-15(11-14)19(21)25/h2-5,8,11,13H,6-7,9-10,12H2,1H3,(H2,21,25). The van der Waals surface area contributed by atoms with Crippen LogP contribution in [0.5, 0.6) is 5.75 Å². The van der Waals surface area contributed by atoms with E-state index < -0.39 is 15.7 Å². The summed E-state index contributed by atoms with van der Waals surface area (Å²) in [5, 5.41) is 0.848. The summed E-state index contributed by atoms with van der Waals surface area (Å²) in [5.74, 6) is 0.386. The number of aromatic nitrogens is 2. The highest BCUT2D eigenvalue weighted by molar-refractivity contribution is 7.91. The monoisotopic (exact) mass is 446 g/mol. The van der Waals surface area contributed by atoms with Gasteiger partial charge < -0.3 is 15.4 Å². The number of piperidine rings is 1. The summed E-state index contributed by atoms with van der Waals surface area (Å²) < 4.78 is 30.8. The summed E-state index contributed by atoms with van der Waals surface area (Å²) in [4.78, 5) is 22.2. The van der Waals surface area contributed by atoms with E-state index in [0.29, 0.717) is 23.8 Å². The minimum Gasteiger partial charge on any atom is -0.493 e. The lowest BCUT2D eigenvalue weighted by Crippen LogP contribution is -2.35. The number of amides is 1. The Kier molecular flexibility index (Phi) is 5.61. The number of pyridine rings is 1. The Morgan fingerprint density at radius 3 is 2.77 bits per heavy atom. The van der Waals surface area contributed by atoms with E-state index in [0.717, 1.165) is 35.8 Å². The van der Waals surface area contributed by atoms with Gasteiger partial charge in [-0.05, 0) is 37.0 Å². The number of ether oxygens (including phenoxy) is 1. The first-order valence-corrected chi connectivity index (χ1v) is 12.3. The van der Waals surface area contributed by atoms with Gasteiger partial charge in [-0.25, -0.2) is 13.4 Å². The molecule has 2 aromatic heterocycles. The fraction of sp³-hybridized carbons (Fsp3) is 0.350. The molecule has 0 atom stereocenters. The van der Waals surface area contributed by atoms with Crippen LogP contribution in [-0.4, -0.2) is 50.2 Å². The van der Waals surface area contributed by atoms with Gasteiger partial charge in [-0.3, -0.25) is 9.78 Å². The summed E-state index contributed by atoms with van der Waals surface area (Å²) in [6.07, 6.45) is 4.59. The number of benzene rings is 1. The number of hydrogen-bond donors (Lipinski definition) is 1.